The second kappa shape index (κ2) is 10.7. The third-order valence-corrected chi connectivity index (χ3v) is 9.20. The molecule has 1 aromatic carbocycles. The highest BCUT2D eigenvalue weighted by Gasteiger charge is 2.45. The van der Waals surface area contributed by atoms with Crippen molar-refractivity contribution >= 4 is 43.5 Å². The van der Waals surface area contributed by atoms with Crippen molar-refractivity contribution in [1.29, 1.82) is 0 Å². The second-order valence-corrected chi connectivity index (χ2v) is 12.7. The van der Waals surface area contributed by atoms with Crippen molar-refractivity contribution in [3.63, 3.8) is 0 Å². The van der Waals surface area contributed by atoms with Gasteiger partial charge in [-0.05, 0) is 19.1 Å². The van der Waals surface area contributed by atoms with Gasteiger partial charge in [0.05, 0.1) is 35.8 Å². The zero-order chi connectivity index (χ0) is 27.1. The maximum Gasteiger partial charge on any atom is 0.181 e. The fourth-order valence-electron chi connectivity index (χ4n) is 3.95. The summed E-state index contributed by atoms with van der Waals surface area (Å²) in [5.74, 6) is -2.04. The first-order chi connectivity index (χ1) is 17.3. The van der Waals surface area contributed by atoms with E-state index in [1.165, 1.54) is 18.3 Å². The summed E-state index contributed by atoms with van der Waals surface area (Å²) in [4.78, 5) is 35.6. The van der Waals surface area contributed by atoms with Gasteiger partial charge in [0.1, 0.15) is 44.5 Å². The van der Waals surface area contributed by atoms with E-state index in [0.717, 1.165) is 4.68 Å². The topological polar surface area (TPSA) is 202 Å². The first-order valence-corrected chi connectivity index (χ1v) is 14.7. The largest absolute Gasteiger partial charge is 0.778 e. The molecule has 4 rings (SSSR count). The molecule has 0 amide bonds. The van der Waals surface area contributed by atoms with Crippen LogP contribution in [-0.2, 0) is 18.4 Å². The summed E-state index contributed by atoms with van der Waals surface area (Å²) in [6, 6.07) is 7.25. The van der Waals surface area contributed by atoms with Gasteiger partial charge >= 0.3 is 0 Å². The van der Waals surface area contributed by atoms with E-state index in [-0.39, 0.29) is 10.8 Å². The van der Waals surface area contributed by atoms with Crippen molar-refractivity contribution in [2.75, 3.05) is 17.8 Å². The minimum Gasteiger partial charge on any atom is -0.778 e. The maximum absolute atomic E-state index is 14.2. The van der Waals surface area contributed by atoms with Crippen LogP contribution in [0.4, 0.5) is 10.1 Å². The molecule has 3 heterocycles. The van der Waals surface area contributed by atoms with Crippen LogP contribution < -0.4 is 15.1 Å². The highest BCUT2D eigenvalue weighted by Crippen LogP contribution is 2.50. The molecule has 0 aliphatic carbocycles. The maximum atomic E-state index is 14.2. The van der Waals surface area contributed by atoms with Crippen LogP contribution in [0, 0.1) is 5.82 Å². The molecule has 0 radical (unpaired) electrons. The number of rotatable bonds is 9. The molecular weight excluding hydrogens is 557 g/mol. The van der Waals surface area contributed by atoms with Gasteiger partial charge in [0.2, 0.25) is 0 Å². The molecule has 7 atom stereocenters. The Kier molecular flexibility index (Phi) is 8.08. The number of aromatic nitrogens is 3. The lowest BCUT2D eigenvalue weighted by molar-refractivity contribution is -0.207. The first-order valence-electron chi connectivity index (χ1n) is 10.8. The molecule has 1 aliphatic heterocycles. The fraction of sp³-hybridized carbons (Fsp3) is 0.400. The van der Waals surface area contributed by atoms with E-state index in [2.05, 4.69) is 19.9 Å². The molecule has 2 unspecified atom stereocenters. The van der Waals surface area contributed by atoms with Crippen molar-refractivity contribution in [2.45, 2.75) is 37.5 Å². The van der Waals surface area contributed by atoms with Crippen LogP contribution in [0.1, 0.15) is 24.8 Å². The molecule has 4 N–H and O–H groups in total. The summed E-state index contributed by atoms with van der Waals surface area (Å²) in [7, 11) is -10.2. The summed E-state index contributed by atoms with van der Waals surface area (Å²) in [5.41, 5.74) is 0.987. The Labute approximate surface area is 214 Å². The van der Waals surface area contributed by atoms with E-state index in [9.17, 15) is 33.5 Å². The summed E-state index contributed by atoms with van der Waals surface area (Å²) in [6.07, 6.45) is -4.61. The van der Waals surface area contributed by atoms with E-state index in [1.807, 2.05) is 0 Å². The number of anilines is 1. The molecule has 1 saturated heterocycles. The van der Waals surface area contributed by atoms with Crippen LogP contribution in [0.3, 0.4) is 0 Å². The second-order valence-electron chi connectivity index (χ2n) is 8.44. The van der Waals surface area contributed by atoms with Crippen LogP contribution >= 0.6 is 26.8 Å². The Morgan fingerprint density at radius 1 is 1.30 bits per heavy atom. The SMILES string of the molecule is C[C@H](Nc1cc(Cl)nc2c1cnn2[C@@H]1O[C@H](COP(=O)([O-])CP(=O)([O-])O)[C@@H](O)[C@H]1O)c1ccccc1F. The predicted octanol–water partition coefficient (Wildman–Crippen LogP) is 1.09. The van der Waals surface area contributed by atoms with Crippen LogP contribution in [0.5, 0.6) is 0 Å². The molecule has 202 valence electrons. The molecule has 0 saturated carbocycles. The lowest BCUT2D eigenvalue weighted by Gasteiger charge is -2.29. The number of nitrogens with one attached hydrogen (secondary N) is 1. The van der Waals surface area contributed by atoms with Gasteiger partial charge < -0.3 is 48.6 Å². The standard InChI is InChI=1S/C20H24ClFN4O9P2/c1-10(11-4-2-3-5-13(11)22)24-14-6-16(21)25-19-12(14)7-23-26(19)20-18(28)17(27)15(35-20)8-34-37(32,33)9-36(29,30)31/h2-7,10,15,17-18,20,27-28H,8-9H2,1H3,(H,24,25)(H,32,33)(H2,29,30,31)/p-2/t10-,15+,17+,18+,20+/m0/s1. The quantitative estimate of drug-likeness (QED) is 0.208. The Bertz CT molecular complexity index is 1390. The molecule has 0 bridgehead atoms. The average Bonchev–Trinajstić information content (AvgIpc) is 3.32. The third-order valence-electron chi connectivity index (χ3n) is 5.64. The Hall–Kier alpha value is -1.96. The number of hydrogen-bond donors (Lipinski definition) is 4. The van der Waals surface area contributed by atoms with Crippen molar-refractivity contribution < 1.29 is 47.7 Å². The summed E-state index contributed by atoms with van der Waals surface area (Å²) < 4.78 is 48.1. The summed E-state index contributed by atoms with van der Waals surface area (Å²) in [6.45, 7) is 0.904. The molecule has 1 aliphatic rings. The number of nitrogens with zero attached hydrogens (tertiary/aromatic N) is 3. The van der Waals surface area contributed by atoms with Gasteiger partial charge in [-0.15, -0.1) is 0 Å². The first kappa shape index (κ1) is 28.1. The van der Waals surface area contributed by atoms with Gasteiger partial charge in [0.25, 0.3) is 0 Å². The lowest BCUT2D eigenvalue weighted by atomic mass is 10.1. The number of ether oxygens (including phenoxy) is 1. The number of aliphatic hydroxyl groups excluding tert-OH is 2. The van der Waals surface area contributed by atoms with Crippen molar-refractivity contribution in [1.82, 2.24) is 14.8 Å². The van der Waals surface area contributed by atoms with E-state index in [1.54, 1.807) is 25.1 Å². The predicted molar refractivity (Wildman–Crippen MR) is 125 cm³/mol. The molecule has 37 heavy (non-hydrogen) atoms. The molecule has 0 spiro atoms. The minimum absolute atomic E-state index is 0.0312. The van der Waals surface area contributed by atoms with Gasteiger partial charge in [0, 0.05) is 5.56 Å². The number of hydrogen-bond acceptors (Lipinski definition) is 11. The molecule has 1 fully saturated rings. The van der Waals surface area contributed by atoms with E-state index < -0.39 is 64.1 Å². The summed E-state index contributed by atoms with van der Waals surface area (Å²) in [5, 5.41) is 28.7. The zero-order valence-electron chi connectivity index (χ0n) is 19.0. The normalized spacial score (nSPS) is 26.1. The lowest BCUT2D eigenvalue weighted by Crippen LogP contribution is -2.34. The van der Waals surface area contributed by atoms with Crippen LogP contribution in [0.25, 0.3) is 11.0 Å². The monoisotopic (exact) mass is 578 g/mol. The van der Waals surface area contributed by atoms with E-state index in [0.29, 0.717) is 16.6 Å². The van der Waals surface area contributed by atoms with Crippen LogP contribution in [0.2, 0.25) is 5.15 Å². The number of halogens is 2. The molecule has 13 nitrogen and oxygen atoms in total. The van der Waals surface area contributed by atoms with Crippen molar-refractivity contribution in [2.24, 2.45) is 0 Å². The Balaban J connectivity index is 1.56. The van der Waals surface area contributed by atoms with Crippen LogP contribution in [0.15, 0.2) is 36.5 Å². The molecular formula is C20H22ClFN4O9P2-2. The van der Waals surface area contributed by atoms with Gasteiger partial charge in [-0.1, -0.05) is 29.8 Å². The minimum atomic E-state index is -5.16. The van der Waals surface area contributed by atoms with Crippen molar-refractivity contribution in [3.05, 3.63) is 53.1 Å². The molecule has 3 aromatic rings. The average molecular weight is 579 g/mol. The molecule has 17 heteroatoms. The van der Waals surface area contributed by atoms with Gasteiger partial charge in [0.15, 0.2) is 11.9 Å². The number of benzene rings is 1. The highest BCUT2D eigenvalue weighted by molar-refractivity contribution is 7.68. The zero-order valence-corrected chi connectivity index (χ0v) is 21.6. The third kappa shape index (κ3) is 6.37. The van der Waals surface area contributed by atoms with Crippen molar-refractivity contribution in [3.8, 4) is 0 Å². The van der Waals surface area contributed by atoms with Gasteiger partial charge in [-0.2, -0.15) is 5.10 Å². The fourth-order valence-corrected chi connectivity index (χ4v) is 6.59. The van der Waals surface area contributed by atoms with Gasteiger partial charge in [-0.3, -0.25) is 0 Å². The summed E-state index contributed by atoms with van der Waals surface area (Å²) >= 11 is 6.19. The Morgan fingerprint density at radius 3 is 2.68 bits per heavy atom. The Morgan fingerprint density at radius 2 is 2.00 bits per heavy atom. The van der Waals surface area contributed by atoms with Gasteiger partial charge in [-0.25, -0.2) is 14.1 Å². The van der Waals surface area contributed by atoms with E-state index >= 15 is 0 Å². The van der Waals surface area contributed by atoms with Crippen LogP contribution in [-0.4, -0.2) is 60.7 Å². The number of aliphatic hydroxyl groups is 2. The number of fused-ring (bicyclic) bond motifs is 1. The number of pyridine rings is 1. The van der Waals surface area contributed by atoms with E-state index in [4.69, 9.17) is 21.2 Å². The smallest absolute Gasteiger partial charge is 0.181 e. The highest BCUT2D eigenvalue weighted by atomic mass is 35.5. The molecule has 2 aromatic heterocycles.